The van der Waals surface area contributed by atoms with E-state index in [1.165, 1.54) is 12.1 Å². The first kappa shape index (κ1) is 15.8. The second-order valence-electron chi connectivity index (χ2n) is 4.83. The van der Waals surface area contributed by atoms with Crippen molar-refractivity contribution in [2.75, 3.05) is 13.7 Å². The molecule has 0 spiro atoms. The van der Waals surface area contributed by atoms with E-state index in [1.807, 2.05) is 18.2 Å². The lowest BCUT2D eigenvalue weighted by molar-refractivity contribution is 0.415. The molecule has 2 aromatic rings. The summed E-state index contributed by atoms with van der Waals surface area (Å²) in [6.07, 6.45) is 1.08. The molecule has 0 saturated heterocycles. The number of nitrogens with one attached hydrogen (secondary N) is 1. The summed E-state index contributed by atoms with van der Waals surface area (Å²) in [4.78, 5) is 0. The second kappa shape index (κ2) is 7.43. The van der Waals surface area contributed by atoms with Crippen LogP contribution in [0.2, 0.25) is 5.02 Å². The zero-order valence-electron chi connectivity index (χ0n) is 12.2. The van der Waals surface area contributed by atoms with Gasteiger partial charge in [0.15, 0.2) is 0 Å². The Morgan fingerprint density at radius 2 is 2.00 bits per heavy atom. The van der Waals surface area contributed by atoms with Crippen LogP contribution >= 0.6 is 11.6 Å². The van der Waals surface area contributed by atoms with E-state index in [2.05, 4.69) is 12.2 Å². The molecule has 0 saturated carbocycles. The average Bonchev–Trinajstić information content (AvgIpc) is 2.49. The van der Waals surface area contributed by atoms with E-state index in [1.54, 1.807) is 13.2 Å². The molecule has 0 aliphatic heterocycles. The van der Waals surface area contributed by atoms with Gasteiger partial charge in [0.1, 0.15) is 11.6 Å². The molecular weight excluding hydrogens is 289 g/mol. The zero-order chi connectivity index (χ0) is 15.2. The Balaban J connectivity index is 2.29. The van der Waals surface area contributed by atoms with E-state index < -0.39 is 0 Å². The van der Waals surface area contributed by atoms with Crippen LogP contribution in [0.5, 0.6) is 5.75 Å². The predicted octanol–water partition coefficient (Wildman–Crippen LogP) is 4.65. The molecule has 0 amide bonds. The summed E-state index contributed by atoms with van der Waals surface area (Å²) in [7, 11) is 1.57. The molecule has 0 aliphatic rings. The van der Waals surface area contributed by atoms with Crippen molar-refractivity contribution in [3.63, 3.8) is 0 Å². The van der Waals surface area contributed by atoms with Crippen LogP contribution in [-0.2, 0) is 6.54 Å². The molecule has 0 atom stereocenters. The zero-order valence-corrected chi connectivity index (χ0v) is 13.0. The molecule has 0 unspecified atom stereocenters. The number of hydrogen-bond donors (Lipinski definition) is 1. The topological polar surface area (TPSA) is 21.3 Å². The fourth-order valence-electron chi connectivity index (χ4n) is 2.16. The minimum absolute atomic E-state index is 0.296. The Kier molecular flexibility index (Phi) is 5.59. The third-order valence-electron chi connectivity index (χ3n) is 3.27. The van der Waals surface area contributed by atoms with Crippen molar-refractivity contribution in [2.45, 2.75) is 19.9 Å². The molecule has 2 nitrogen and oxygen atoms in total. The Bertz CT molecular complexity index is 616. The molecule has 2 aromatic carbocycles. The number of rotatable bonds is 6. The van der Waals surface area contributed by atoms with Crippen LogP contribution in [0.15, 0.2) is 36.4 Å². The van der Waals surface area contributed by atoms with Gasteiger partial charge in [-0.25, -0.2) is 4.39 Å². The molecule has 0 radical (unpaired) electrons. The van der Waals surface area contributed by atoms with Gasteiger partial charge in [0.25, 0.3) is 0 Å². The number of methoxy groups -OCH3 is 1. The maximum Gasteiger partial charge on any atom is 0.126 e. The quantitative estimate of drug-likeness (QED) is 0.784. The third kappa shape index (κ3) is 3.96. The number of halogens is 2. The van der Waals surface area contributed by atoms with Crippen LogP contribution in [0.4, 0.5) is 4.39 Å². The molecule has 2 rings (SSSR count). The summed E-state index contributed by atoms with van der Waals surface area (Å²) < 4.78 is 18.7. The van der Waals surface area contributed by atoms with Crippen molar-refractivity contribution in [1.82, 2.24) is 5.32 Å². The van der Waals surface area contributed by atoms with E-state index in [4.69, 9.17) is 16.3 Å². The third-order valence-corrected chi connectivity index (χ3v) is 3.62. The smallest absolute Gasteiger partial charge is 0.126 e. The number of hydrogen-bond acceptors (Lipinski definition) is 2. The van der Waals surface area contributed by atoms with Crippen LogP contribution in [0, 0.1) is 5.82 Å². The number of benzene rings is 2. The summed E-state index contributed by atoms with van der Waals surface area (Å²) in [5, 5.41) is 3.98. The summed E-state index contributed by atoms with van der Waals surface area (Å²) in [6.45, 7) is 3.80. The highest BCUT2D eigenvalue weighted by atomic mass is 35.5. The monoisotopic (exact) mass is 307 g/mol. The van der Waals surface area contributed by atoms with Crippen LogP contribution in [0.3, 0.4) is 0 Å². The van der Waals surface area contributed by atoms with Crippen molar-refractivity contribution >= 4 is 11.6 Å². The Morgan fingerprint density at radius 1 is 1.19 bits per heavy atom. The molecule has 0 aromatic heterocycles. The highest BCUT2D eigenvalue weighted by Gasteiger charge is 2.09. The standard InChI is InChI=1S/C17H19ClFNO/c1-3-8-20-11-13-5-4-12(9-16(13)18)15-10-14(19)6-7-17(15)21-2/h4-7,9-10,20H,3,8,11H2,1-2H3. The van der Waals surface area contributed by atoms with E-state index in [9.17, 15) is 4.39 Å². The van der Waals surface area contributed by atoms with Gasteiger partial charge in [0.2, 0.25) is 0 Å². The number of ether oxygens (including phenoxy) is 1. The molecule has 0 aliphatic carbocycles. The van der Waals surface area contributed by atoms with Crippen molar-refractivity contribution in [1.29, 1.82) is 0 Å². The van der Waals surface area contributed by atoms with Gasteiger partial charge in [-0.05, 0) is 48.4 Å². The summed E-state index contributed by atoms with van der Waals surface area (Å²) >= 11 is 6.32. The predicted molar refractivity (Wildman–Crippen MR) is 85.4 cm³/mol. The largest absolute Gasteiger partial charge is 0.496 e. The first-order valence-corrected chi connectivity index (χ1v) is 7.36. The van der Waals surface area contributed by atoms with Crippen molar-refractivity contribution in [2.24, 2.45) is 0 Å². The Labute approximate surface area is 129 Å². The lowest BCUT2D eigenvalue weighted by Gasteiger charge is -2.11. The van der Waals surface area contributed by atoms with E-state index >= 15 is 0 Å². The molecule has 21 heavy (non-hydrogen) atoms. The van der Waals surface area contributed by atoms with Gasteiger partial charge >= 0.3 is 0 Å². The van der Waals surface area contributed by atoms with Crippen LogP contribution in [-0.4, -0.2) is 13.7 Å². The average molecular weight is 308 g/mol. The van der Waals surface area contributed by atoms with Crippen molar-refractivity contribution in [3.8, 4) is 16.9 Å². The molecule has 1 N–H and O–H groups in total. The molecule has 0 fully saturated rings. The fourth-order valence-corrected chi connectivity index (χ4v) is 2.41. The van der Waals surface area contributed by atoms with Crippen molar-refractivity contribution < 1.29 is 9.13 Å². The van der Waals surface area contributed by atoms with Gasteiger partial charge < -0.3 is 10.1 Å². The molecule has 4 heteroatoms. The maximum absolute atomic E-state index is 13.5. The highest BCUT2D eigenvalue weighted by molar-refractivity contribution is 6.31. The molecular formula is C17H19ClFNO. The van der Waals surface area contributed by atoms with E-state index in [0.717, 1.165) is 30.6 Å². The molecule has 0 bridgehead atoms. The lowest BCUT2D eigenvalue weighted by Crippen LogP contribution is -2.13. The maximum atomic E-state index is 13.5. The summed E-state index contributed by atoms with van der Waals surface area (Å²) in [5.41, 5.74) is 2.58. The Hall–Kier alpha value is -1.58. The van der Waals surface area contributed by atoms with Gasteiger partial charge in [0.05, 0.1) is 7.11 Å². The minimum atomic E-state index is -0.296. The van der Waals surface area contributed by atoms with Gasteiger partial charge in [0, 0.05) is 17.1 Å². The van der Waals surface area contributed by atoms with E-state index in [0.29, 0.717) is 16.3 Å². The van der Waals surface area contributed by atoms with E-state index in [-0.39, 0.29) is 5.82 Å². The second-order valence-corrected chi connectivity index (χ2v) is 5.23. The van der Waals surface area contributed by atoms with Gasteiger partial charge in [-0.2, -0.15) is 0 Å². The lowest BCUT2D eigenvalue weighted by atomic mass is 10.0. The van der Waals surface area contributed by atoms with Crippen LogP contribution in [0.1, 0.15) is 18.9 Å². The van der Waals surface area contributed by atoms with Crippen molar-refractivity contribution in [3.05, 3.63) is 52.8 Å². The van der Waals surface area contributed by atoms with Crippen LogP contribution < -0.4 is 10.1 Å². The summed E-state index contributed by atoms with van der Waals surface area (Å²) in [6, 6.07) is 10.2. The SMILES string of the molecule is CCCNCc1ccc(-c2cc(F)ccc2OC)cc1Cl. The normalized spacial score (nSPS) is 10.7. The molecule has 112 valence electrons. The summed E-state index contributed by atoms with van der Waals surface area (Å²) in [5.74, 6) is 0.333. The van der Waals surface area contributed by atoms with Gasteiger partial charge in [-0.3, -0.25) is 0 Å². The Morgan fingerprint density at radius 3 is 2.67 bits per heavy atom. The fraction of sp³-hybridized carbons (Fsp3) is 0.294. The van der Waals surface area contributed by atoms with Crippen LogP contribution in [0.25, 0.3) is 11.1 Å². The molecule has 0 heterocycles. The highest BCUT2D eigenvalue weighted by Crippen LogP contribution is 2.33. The first-order chi connectivity index (χ1) is 10.2. The van der Waals surface area contributed by atoms with Gasteiger partial charge in [-0.15, -0.1) is 0 Å². The van der Waals surface area contributed by atoms with Gasteiger partial charge in [-0.1, -0.05) is 30.7 Å². The minimum Gasteiger partial charge on any atom is -0.496 e. The first-order valence-electron chi connectivity index (χ1n) is 6.98.